The normalized spacial score (nSPS) is 24.2. The van der Waals surface area contributed by atoms with Gasteiger partial charge in [0.2, 0.25) is 0 Å². The quantitative estimate of drug-likeness (QED) is 0.253. The molecule has 168 valence electrons. The van der Waals surface area contributed by atoms with Crippen LogP contribution >= 0.6 is 11.8 Å². The van der Waals surface area contributed by atoms with Crippen molar-refractivity contribution < 1.29 is 9.15 Å². The Labute approximate surface area is 190 Å². The summed E-state index contributed by atoms with van der Waals surface area (Å²) in [7, 11) is 5.63. The number of likely N-dealkylation sites (tertiary alicyclic amines) is 1. The third-order valence-electron chi connectivity index (χ3n) is 6.88. The standard InChI is InChI=1S/C24H34N4O2S/c1-17-22(30-16-26-17)23(25-3)27(4)18(2)31-11-7-10-28-14-20-13-24(20,15-28)19-8-6-9-21(12-19)29-5/h6,8-9,12,16,18,20H,7,10-11,13-15H2,1-5H3. The number of aryl methyl sites for hydroxylation is 1. The number of amidine groups is 1. The van der Waals surface area contributed by atoms with Crippen molar-refractivity contribution in [3.63, 3.8) is 0 Å². The molecule has 4 rings (SSSR count). The fourth-order valence-electron chi connectivity index (χ4n) is 4.90. The van der Waals surface area contributed by atoms with Crippen LogP contribution in [0.4, 0.5) is 0 Å². The van der Waals surface area contributed by atoms with Gasteiger partial charge in [-0.05, 0) is 62.6 Å². The number of nitrogens with zero attached hydrogens (tertiary/aromatic N) is 4. The summed E-state index contributed by atoms with van der Waals surface area (Å²) in [5.74, 6) is 4.53. The predicted molar refractivity (Wildman–Crippen MR) is 127 cm³/mol. The predicted octanol–water partition coefficient (Wildman–Crippen LogP) is 4.04. The largest absolute Gasteiger partial charge is 0.497 e. The number of piperidine rings is 1. The fourth-order valence-corrected chi connectivity index (χ4v) is 5.86. The monoisotopic (exact) mass is 442 g/mol. The molecule has 3 unspecified atom stereocenters. The van der Waals surface area contributed by atoms with Crippen molar-refractivity contribution in [2.75, 3.05) is 46.6 Å². The molecule has 1 saturated heterocycles. The molecular weight excluding hydrogens is 408 g/mol. The SMILES string of the molecule is CN=C(c1ocnc1C)N(C)C(C)SCCCN1CC2CC2(c2cccc(OC)c2)C1. The Hall–Kier alpha value is -1.99. The summed E-state index contributed by atoms with van der Waals surface area (Å²) in [6.45, 7) is 7.76. The van der Waals surface area contributed by atoms with Gasteiger partial charge in [-0.25, -0.2) is 4.98 Å². The second kappa shape index (κ2) is 9.25. The van der Waals surface area contributed by atoms with Crippen molar-refractivity contribution in [1.82, 2.24) is 14.8 Å². The van der Waals surface area contributed by atoms with Gasteiger partial charge in [-0.1, -0.05) is 12.1 Å². The molecular formula is C24H34N4O2S. The molecule has 0 spiro atoms. The average Bonchev–Trinajstić information content (AvgIpc) is 3.11. The first-order valence-electron chi connectivity index (χ1n) is 11.1. The summed E-state index contributed by atoms with van der Waals surface area (Å²) in [5, 5.41) is 0.318. The lowest BCUT2D eigenvalue weighted by atomic mass is 9.95. The van der Waals surface area contributed by atoms with Crippen LogP contribution in [-0.4, -0.2) is 72.6 Å². The van der Waals surface area contributed by atoms with Gasteiger partial charge in [-0.2, -0.15) is 0 Å². The number of benzene rings is 1. The zero-order valence-electron chi connectivity index (χ0n) is 19.3. The van der Waals surface area contributed by atoms with Gasteiger partial charge in [-0.15, -0.1) is 11.8 Å². The molecule has 7 heteroatoms. The highest BCUT2D eigenvalue weighted by molar-refractivity contribution is 7.99. The van der Waals surface area contributed by atoms with Gasteiger partial charge in [0.15, 0.2) is 18.0 Å². The van der Waals surface area contributed by atoms with Crippen molar-refractivity contribution in [2.24, 2.45) is 10.9 Å². The second-order valence-corrected chi connectivity index (χ2v) is 10.2. The van der Waals surface area contributed by atoms with Gasteiger partial charge < -0.3 is 19.0 Å². The minimum absolute atomic E-state index is 0.318. The van der Waals surface area contributed by atoms with E-state index in [0.29, 0.717) is 10.8 Å². The second-order valence-electron chi connectivity index (χ2n) is 8.77. The van der Waals surface area contributed by atoms with E-state index in [1.165, 1.54) is 44.4 Å². The maximum absolute atomic E-state index is 5.55. The highest BCUT2D eigenvalue weighted by Gasteiger charge is 2.60. The minimum atomic E-state index is 0.318. The molecule has 0 amide bonds. The summed E-state index contributed by atoms with van der Waals surface area (Å²) in [6.07, 6.45) is 4.01. The number of thioether (sulfide) groups is 1. The molecule has 1 saturated carbocycles. The van der Waals surface area contributed by atoms with Gasteiger partial charge in [0.05, 0.1) is 18.2 Å². The molecule has 1 aromatic heterocycles. The minimum Gasteiger partial charge on any atom is -0.497 e. The van der Waals surface area contributed by atoms with Crippen molar-refractivity contribution >= 4 is 17.6 Å². The lowest BCUT2D eigenvalue weighted by Gasteiger charge is -2.27. The zero-order valence-corrected chi connectivity index (χ0v) is 20.1. The summed E-state index contributed by atoms with van der Waals surface area (Å²) in [4.78, 5) is 13.5. The molecule has 2 aromatic rings. The van der Waals surface area contributed by atoms with Crippen LogP contribution in [-0.2, 0) is 5.41 Å². The first-order chi connectivity index (χ1) is 15.0. The first-order valence-corrected chi connectivity index (χ1v) is 12.1. The molecule has 1 aliphatic heterocycles. The number of oxazole rings is 1. The van der Waals surface area contributed by atoms with E-state index in [1.54, 1.807) is 7.11 Å². The van der Waals surface area contributed by atoms with Crippen molar-refractivity contribution in [3.05, 3.63) is 47.7 Å². The highest BCUT2D eigenvalue weighted by Crippen LogP contribution is 2.59. The number of rotatable bonds is 9. The smallest absolute Gasteiger partial charge is 0.192 e. The zero-order chi connectivity index (χ0) is 22.0. The lowest BCUT2D eigenvalue weighted by molar-refractivity contribution is 0.299. The van der Waals surface area contributed by atoms with Crippen LogP contribution in [0.15, 0.2) is 40.1 Å². The van der Waals surface area contributed by atoms with E-state index < -0.39 is 0 Å². The van der Waals surface area contributed by atoms with Crippen LogP contribution in [0.3, 0.4) is 0 Å². The van der Waals surface area contributed by atoms with Crippen molar-refractivity contribution in [1.29, 1.82) is 0 Å². The van der Waals surface area contributed by atoms with E-state index in [2.05, 4.69) is 51.9 Å². The Morgan fingerprint density at radius 1 is 1.48 bits per heavy atom. The van der Waals surface area contributed by atoms with Gasteiger partial charge in [-0.3, -0.25) is 4.99 Å². The Balaban J connectivity index is 1.23. The Kier molecular flexibility index (Phi) is 6.63. The maximum Gasteiger partial charge on any atom is 0.192 e. The molecule has 1 aliphatic carbocycles. The van der Waals surface area contributed by atoms with E-state index in [0.717, 1.165) is 34.7 Å². The first kappa shape index (κ1) is 22.2. The van der Waals surface area contributed by atoms with Gasteiger partial charge >= 0.3 is 0 Å². The van der Waals surface area contributed by atoms with E-state index in [4.69, 9.17) is 9.15 Å². The van der Waals surface area contributed by atoms with Crippen LogP contribution < -0.4 is 4.74 Å². The topological polar surface area (TPSA) is 54.1 Å². The molecule has 2 fully saturated rings. The molecule has 31 heavy (non-hydrogen) atoms. The van der Waals surface area contributed by atoms with Gasteiger partial charge in [0.25, 0.3) is 0 Å². The van der Waals surface area contributed by atoms with E-state index in [9.17, 15) is 0 Å². The van der Waals surface area contributed by atoms with E-state index in [1.807, 2.05) is 31.8 Å². The van der Waals surface area contributed by atoms with Crippen molar-refractivity contribution in [3.8, 4) is 5.75 Å². The van der Waals surface area contributed by atoms with E-state index in [-0.39, 0.29) is 0 Å². The number of aromatic nitrogens is 1. The molecule has 0 radical (unpaired) electrons. The fraction of sp³-hybridized carbons (Fsp3) is 0.583. The lowest BCUT2D eigenvalue weighted by Crippen LogP contribution is -2.34. The van der Waals surface area contributed by atoms with E-state index >= 15 is 0 Å². The third kappa shape index (κ3) is 4.48. The number of fused-ring (bicyclic) bond motifs is 1. The van der Waals surface area contributed by atoms with Crippen LogP contribution in [0.25, 0.3) is 0 Å². The number of methoxy groups -OCH3 is 1. The number of hydrogen-bond acceptors (Lipinski definition) is 6. The Bertz CT molecular complexity index is 930. The highest BCUT2D eigenvalue weighted by atomic mass is 32.2. The molecule has 2 heterocycles. The molecule has 0 N–H and O–H groups in total. The number of hydrogen-bond donors (Lipinski definition) is 0. The average molecular weight is 443 g/mol. The molecule has 0 bridgehead atoms. The summed E-state index contributed by atoms with van der Waals surface area (Å²) >= 11 is 1.97. The summed E-state index contributed by atoms with van der Waals surface area (Å²) in [5.41, 5.74) is 2.71. The van der Waals surface area contributed by atoms with Gasteiger partial charge in [0, 0.05) is 32.6 Å². The van der Waals surface area contributed by atoms with Gasteiger partial charge in [0.1, 0.15) is 5.75 Å². The van der Waals surface area contributed by atoms with Crippen LogP contribution in [0, 0.1) is 12.8 Å². The third-order valence-corrected chi connectivity index (χ3v) is 8.20. The van der Waals surface area contributed by atoms with Crippen LogP contribution in [0.1, 0.15) is 36.8 Å². The van der Waals surface area contributed by atoms with Crippen LogP contribution in [0.5, 0.6) is 5.75 Å². The molecule has 6 nitrogen and oxygen atoms in total. The molecule has 2 aliphatic rings. The van der Waals surface area contributed by atoms with Crippen LogP contribution in [0.2, 0.25) is 0 Å². The molecule has 3 atom stereocenters. The Morgan fingerprint density at radius 3 is 3.03 bits per heavy atom. The molecule has 1 aromatic carbocycles. The summed E-state index contributed by atoms with van der Waals surface area (Å²) < 4.78 is 11.0. The Morgan fingerprint density at radius 2 is 2.32 bits per heavy atom. The number of ether oxygens (including phenoxy) is 1. The number of aliphatic imine (C=N–C) groups is 1. The summed E-state index contributed by atoms with van der Waals surface area (Å²) in [6, 6.07) is 8.68. The van der Waals surface area contributed by atoms with Crippen molar-refractivity contribution in [2.45, 2.75) is 37.5 Å². The maximum atomic E-state index is 5.55.